The van der Waals surface area contributed by atoms with E-state index in [4.69, 9.17) is 5.73 Å². The molecule has 2 aromatic carbocycles. The first-order chi connectivity index (χ1) is 15.7. The molecule has 0 spiro atoms. The Morgan fingerprint density at radius 3 is 2.42 bits per heavy atom. The van der Waals surface area contributed by atoms with E-state index >= 15 is 0 Å². The Bertz CT molecular complexity index is 1020. The fourth-order valence-corrected chi connectivity index (χ4v) is 4.97. The highest BCUT2D eigenvalue weighted by molar-refractivity contribution is 6.21. The Hall–Kier alpha value is -2.47. The van der Waals surface area contributed by atoms with Crippen LogP contribution in [0.25, 0.3) is 5.57 Å². The second-order valence-corrected chi connectivity index (χ2v) is 8.92. The number of ketones is 1. The van der Waals surface area contributed by atoms with Gasteiger partial charge in [0.15, 0.2) is 5.78 Å². The van der Waals surface area contributed by atoms with E-state index in [0.717, 1.165) is 42.9 Å². The van der Waals surface area contributed by atoms with Gasteiger partial charge in [-0.05, 0) is 92.2 Å². The van der Waals surface area contributed by atoms with E-state index in [9.17, 15) is 22.4 Å². The van der Waals surface area contributed by atoms with Crippen molar-refractivity contribution in [1.82, 2.24) is 0 Å². The van der Waals surface area contributed by atoms with E-state index in [1.165, 1.54) is 19.1 Å². The van der Waals surface area contributed by atoms with Crippen LogP contribution in [0.5, 0.6) is 0 Å². The number of carbonyl (C=O) groups excluding carboxylic acids is 1. The molecule has 2 aromatic rings. The van der Waals surface area contributed by atoms with Gasteiger partial charge in [0.05, 0.1) is 5.56 Å². The largest absolute Gasteiger partial charge is 0.416 e. The Morgan fingerprint density at radius 2 is 1.82 bits per heavy atom. The van der Waals surface area contributed by atoms with Crippen LogP contribution in [0.3, 0.4) is 0 Å². The normalized spacial score (nSPS) is 19.5. The number of benzene rings is 2. The number of carbonyl (C=O) groups is 1. The van der Waals surface area contributed by atoms with Crippen LogP contribution >= 0.6 is 0 Å². The highest BCUT2D eigenvalue weighted by Gasteiger charge is 2.33. The Kier molecular flexibility index (Phi) is 8.11. The fourth-order valence-electron chi connectivity index (χ4n) is 4.97. The summed E-state index contributed by atoms with van der Waals surface area (Å²) in [5.41, 5.74) is 7.39. The maximum absolute atomic E-state index is 14.3. The number of Topliss-reactive ketones (excluding diaryl/α,β-unsaturated/α-hetero) is 1. The molecule has 0 heterocycles. The minimum atomic E-state index is -4.45. The second kappa shape index (κ2) is 10.6. The van der Waals surface area contributed by atoms with Crippen LogP contribution < -0.4 is 5.73 Å². The standard InChI is InChI=1S/C27H31F4NO/c1-3-21(22-5-4-6-24(17(22)2)27(29,30)31)26(33)14-10-18-7-11-20(12-8-18)23-15-19(16-32)9-13-25(23)28/h3-6,9,13,15,18,20H,7-8,10-12,14,16,32H2,1-2H3/b21-3+. The first kappa shape index (κ1) is 25.2. The summed E-state index contributed by atoms with van der Waals surface area (Å²) >= 11 is 0. The lowest BCUT2D eigenvalue weighted by atomic mass is 9.76. The third kappa shape index (κ3) is 5.91. The van der Waals surface area contributed by atoms with Gasteiger partial charge in [-0.1, -0.05) is 30.3 Å². The Labute approximate surface area is 192 Å². The van der Waals surface area contributed by atoms with Crippen LogP contribution in [0, 0.1) is 18.7 Å². The molecule has 6 heteroatoms. The molecule has 1 fully saturated rings. The summed E-state index contributed by atoms with van der Waals surface area (Å²) in [6, 6.07) is 9.02. The number of nitrogens with two attached hydrogens (primary N) is 1. The molecule has 0 aromatic heterocycles. The molecule has 0 bridgehead atoms. The van der Waals surface area contributed by atoms with Gasteiger partial charge in [0.25, 0.3) is 0 Å². The van der Waals surface area contributed by atoms with Crippen LogP contribution in [0.4, 0.5) is 17.6 Å². The highest BCUT2D eigenvalue weighted by Crippen LogP contribution is 2.39. The average molecular weight is 462 g/mol. The lowest BCUT2D eigenvalue weighted by Gasteiger charge is -2.29. The summed E-state index contributed by atoms with van der Waals surface area (Å²) in [4.78, 5) is 12.9. The van der Waals surface area contributed by atoms with Crippen LogP contribution in [0.15, 0.2) is 42.5 Å². The van der Waals surface area contributed by atoms with Crippen molar-refractivity contribution >= 4 is 11.4 Å². The number of rotatable bonds is 7. The van der Waals surface area contributed by atoms with Crippen LogP contribution in [0.1, 0.15) is 79.2 Å². The minimum absolute atomic E-state index is 0.0775. The molecule has 0 unspecified atom stereocenters. The quantitative estimate of drug-likeness (QED) is 0.346. The number of hydrogen-bond acceptors (Lipinski definition) is 2. The van der Waals surface area contributed by atoms with Crippen LogP contribution in [0.2, 0.25) is 0 Å². The van der Waals surface area contributed by atoms with Crippen LogP contribution in [-0.2, 0) is 17.5 Å². The molecular weight excluding hydrogens is 430 g/mol. The molecule has 2 N–H and O–H groups in total. The lowest BCUT2D eigenvalue weighted by Crippen LogP contribution is -2.16. The lowest BCUT2D eigenvalue weighted by molar-refractivity contribution is -0.138. The molecule has 178 valence electrons. The van der Waals surface area contributed by atoms with Gasteiger partial charge in [0.1, 0.15) is 5.82 Å². The molecule has 0 radical (unpaired) electrons. The summed E-state index contributed by atoms with van der Waals surface area (Å²) in [7, 11) is 0. The predicted molar refractivity (Wildman–Crippen MR) is 123 cm³/mol. The molecule has 33 heavy (non-hydrogen) atoms. The van der Waals surface area contributed by atoms with Gasteiger partial charge >= 0.3 is 6.18 Å². The Morgan fingerprint density at radius 1 is 1.12 bits per heavy atom. The summed E-state index contributed by atoms with van der Waals surface area (Å²) in [6.45, 7) is 3.47. The average Bonchev–Trinajstić information content (AvgIpc) is 2.79. The van der Waals surface area contributed by atoms with Gasteiger partial charge in [0.2, 0.25) is 0 Å². The van der Waals surface area contributed by atoms with Crippen molar-refractivity contribution < 1.29 is 22.4 Å². The number of allylic oxidation sites excluding steroid dienone is 2. The predicted octanol–water partition coefficient (Wildman–Crippen LogP) is 7.34. The molecule has 1 aliphatic rings. The van der Waals surface area contributed by atoms with Crippen molar-refractivity contribution in [3.05, 3.63) is 76.1 Å². The number of hydrogen-bond donors (Lipinski definition) is 1. The maximum Gasteiger partial charge on any atom is 0.416 e. The molecular formula is C27H31F4NO. The smallest absolute Gasteiger partial charge is 0.326 e. The van der Waals surface area contributed by atoms with Crippen molar-refractivity contribution in [3.63, 3.8) is 0 Å². The van der Waals surface area contributed by atoms with E-state index < -0.39 is 11.7 Å². The SMILES string of the molecule is C/C=C(/C(=O)CCC1CCC(c2cc(CN)ccc2F)CC1)c1cccc(C(F)(F)F)c1C. The van der Waals surface area contributed by atoms with Gasteiger partial charge in [-0.15, -0.1) is 0 Å². The van der Waals surface area contributed by atoms with Crippen molar-refractivity contribution in [2.45, 2.75) is 71.0 Å². The molecule has 0 amide bonds. The van der Waals surface area contributed by atoms with E-state index in [0.29, 0.717) is 36.4 Å². The van der Waals surface area contributed by atoms with Crippen molar-refractivity contribution in [1.29, 1.82) is 0 Å². The first-order valence-corrected chi connectivity index (χ1v) is 11.5. The number of halogens is 4. The molecule has 2 nitrogen and oxygen atoms in total. The molecule has 3 rings (SSSR count). The maximum atomic E-state index is 14.3. The van der Waals surface area contributed by atoms with Crippen LogP contribution in [-0.4, -0.2) is 5.78 Å². The van der Waals surface area contributed by atoms with Crippen molar-refractivity contribution in [2.24, 2.45) is 11.7 Å². The Balaban J connectivity index is 1.61. The summed E-state index contributed by atoms with van der Waals surface area (Å²) in [6.07, 6.45) is 1.64. The molecule has 0 aliphatic heterocycles. The van der Waals surface area contributed by atoms with Gasteiger partial charge < -0.3 is 5.73 Å². The zero-order valence-electron chi connectivity index (χ0n) is 19.1. The minimum Gasteiger partial charge on any atom is -0.326 e. The monoisotopic (exact) mass is 461 g/mol. The molecule has 1 aliphatic carbocycles. The van der Waals surface area contributed by atoms with Gasteiger partial charge in [-0.25, -0.2) is 4.39 Å². The number of alkyl halides is 3. The zero-order valence-corrected chi connectivity index (χ0v) is 19.1. The van der Waals surface area contributed by atoms with E-state index in [2.05, 4.69) is 0 Å². The molecule has 0 saturated heterocycles. The van der Waals surface area contributed by atoms with Gasteiger partial charge in [-0.2, -0.15) is 13.2 Å². The summed E-state index contributed by atoms with van der Waals surface area (Å²) < 4.78 is 54.1. The molecule has 1 saturated carbocycles. The molecule has 0 atom stereocenters. The third-order valence-electron chi connectivity index (χ3n) is 6.88. The van der Waals surface area contributed by atoms with Gasteiger partial charge in [-0.3, -0.25) is 4.79 Å². The third-order valence-corrected chi connectivity index (χ3v) is 6.88. The van der Waals surface area contributed by atoms with E-state index in [1.54, 1.807) is 25.1 Å². The van der Waals surface area contributed by atoms with Crippen molar-refractivity contribution in [3.8, 4) is 0 Å². The summed E-state index contributed by atoms with van der Waals surface area (Å²) in [5.74, 6) is 0.178. The van der Waals surface area contributed by atoms with Crippen molar-refractivity contribution in [2.75, 3.05) is 0 Å². The summed E-state index contributed by atoms with van der Waals surface area (Å²) in [5, 5.41) is 0. The topological polar surface area (TPSA) is 43.1 Å². The van der Waals surface area contributed by atoms with E-state index in [1.807, 2.05) is 6.07 Å². The highest BCUT2D eigenvalue weighted by atomic mass is 19.4. The van der Waals surface area contributed by atoms with Gasteiger partial charge in [0, 0.05) is 18.5 Å². The van der Waals surface area contributed by atoms with E-state index in [-0.39, 0.29) is 23.1 Å². The second-order valence-electron chi connectivity index (χ2n) is 8.92. The fraction of sp³-hybridized carbons (Fsp3) is 0.444. The first-order valence-electron chi connectivity index (χ1n) is 11.5. The zero-order chi connectivity index (χ0) is 24.2.